The molecule has 26 heavy (non-hydrogen) atoms. The van der Waals surface area contributed by atoms with E-state index in [-0.39, 0.29) is 5.78 Å². The second-order valence-corrected chi connectivity index (χ2v) is 8.47. The van der Waals surface area contributed by atoms with Gasteiger partial charge in [0, 0.05) is 17.2 Å². The molecule has 1 aromatic carbocycles. The van der Waals surface area contributed by atoms with Crippen molar-refractivity contribution in [3.05, 3.63) is 52.3 Å². The molecule has 1 amide bonds. The third kappa shape index (κ3) is 4.64. The number of ketones is 1. The number of hydrogen-bond acceptors (Lipinski definition) is 5. The maximum Gasteiger partial charge on any atom is 0.223 e. The maximum absolute atomic E-state index is 12.9. The molecule has 0 fully saturated rings. The van der Waals surface area contributed by atoms with Gasteiger partial charge in [-0.1, -0.05) is 65.3 Å². The molecule has 0 spiro atoms. The standard InChI is InChI=1S/C18H19BrClN3O2S/c1-18(2,16(21)25)9-10-5-4-6-11(14(10)20)15(24)13(19)12-7-8-22-17(23-12)26-3/h4-8,13H,9H2,1-3H3,(H2,21,25). The molecule has 1 heterocycles. The van der Waals surface area contributed by atoms with Gasteiger partial charge in [0.25, 0.3) is 0 Å². The highest BCUT2D eigenvalue weighted by Crippen LogP contribution is 2.33. The largest absolute Gasteiger partial charge is 0.369 e. The predicted octanol–water partition coefficient (Wildman–Crippen LogP) is 4.22. The zero-order valence-corrected chi connectivity index (χ0v) is 17.8. The monoisotopic (exact) mass is 455 g/mol. The van der Waals surface area contributed by atoms with Gasteiger partial charge in [-0.15, -0.1) is 0 Å². The maximum atomic E-state index is 12.9. The van der Waals surface area contributed by atoms with Crippen molar-refractivity contribution in [1.82, 2.24) is 9.97 Å². The van der Waals surface area contributed by atoms with Crippen LogP contribution in [0.5, 0.6) is 0 Å². The fourth-order valence-corrected chi connectivity index (χ4v) is 3.48. The summed E-state index contributed by atoms with van der Waals surface area (Å²) < 4.78 is 0. The molecule has 0 aliphatic heterocycles. The number of nitrogens with two attached hydrogens (primary N) is 1. The van der Waals surface area contributed by atoms with Crippen LogP contribution >= 0.6 is 39.3 Å². The van der Waals surface area contributed by atoms with Gasteiger partial charge in [0.2, 0.25) is 5.91 Å². The number of rotatable bonds is 7. The number of alkyl halides is 1. The van der Waals surface area contributed by atoms with Crippen LogP contribution in [0.2, 0.25) is 5.02 Å². The minimum Gasteiger partial charge on any atom is -0.369 e. The average molecular weight is 457 g/mol. The summed E-state index contributed by atoms with van der Waals surface area (Å²) in [5, 5.41) is 0.915. The van der Waals surface area contributed by atoms with Crippen molar-refractivity contribution in [1.29, 1.82) is 0 Å². The quantitative estimate of drug-likeness (QED) is 0.292. The Bertz CT molecular complexity index is 845. The van der Waals surface area contributed by atoms with Crippen LogP contribution in [0, 0.1) is 5.41 Å². The lowest BCUT2D eigenvalue weighted by molar-refractivity contribution is -0.125. The van der Waals surface area contributed by atoms with E-state index >= 15 is 0 Å². The molecule has 5 nitrogen and oxygen atoms in total. The Morgan fingerprint density at radius 3 is 2.65 bits per heavy atom. The van der Waals surface area contributed by atoms with Crippen molar-refractivity contribution in [2.45, 2.75) is 30.3 Å². The van der Waals surface area contributed by atoms with Crippen LogP contribution in [0.15, 0.2) is 35.6 Å². The number of primary amides is 1. The van der Waals surface area contributed by atoms with Crippen LogP contribution < -0.4 is 5.73 Å². The van der Waals surface area contributed by atoms with Gasteiger partial charge in [-0.05, 0) is 30.4 Å². The van der Waals surface area contributed by atoms with Gasteiger partial charge in [0.15, 0.2) is 10.9 Å². The minimum absolute atomic E-state index is 0.209. The Balaban J connectivity index is 2.34. The molecule has 0 saturated carbocycles. The molecule has 2 N–H and O–H groups in total. The van der Waals surface area contributed by atoms with Crippen molar-refractivity contribution in [2.75, 3.05) is 6.26 Å². The third-order valence-electron chi connectivity index (χ3n) is 3.97. The molecule has 1 aromatic heterocycles. The lowest BCUT2D eigenvalue weighted by atomic mass is 9.84. The number of aromatic nitrogens is 2. The number of amides is 1. The van der Waals surface area contributed by atoms with E-state index in [9.17, 15) is 9.59 Å². The fourth-order valence-electron chi connectivity index (χ4n) is 2.33. The smallest absolute Gasteiger partial charge is 0.223 e. The normalized spacial score (nSPS) is 12.7. The fraction of sp³-hybridized carbons (Fsp3) is 0.333. The number of benzene rings is 1. The molecule has 0 aliphatic carbocycles. The number of nitrogens with zero attached hydrogens (tertiary/aromatic N) is 2. The van der Waals surface area contributed by atoms with Gasteiger partial charge in [-0.3, -0.25) is 9.59 Å². The number of carbonyl (C=O) groups is 2. The van der Waals surface area contributed by atoms with Crippen molar-refractivity contribution >= 4 is 51.0 Å². The number of thioether (sulfide) groups is 1. The molecule has 138 valence electrons. The first kappa shape index (κ1) is 20.9. The van der Waals surface area contributed by atoms with E-state index in [0.29, 0.717) is 33.4 Å². The molecular weight excluding hydrogens is 438 g/mol. The van der Waals surface area contributed by atoms with Crippen molar-refractivity contribution in [3.63, 3.8) is 0 Å². The Kier molecular flexibility index (Phi) is 6.82. The van der Waals surface area contributed by atoms with Crippen molar-refractivity contribution in [3.8, 4) is 0 Å². The Hall–Kier alpha value is -1.44. The zero-order chi connectivity index (χ0) is 19.5. The van der Waals surface area contributed by atoms with Gasteiger partial charge in [-0.25, -0.2) is 9.97 Å². The molecule has 2 aromatic rings. The summed E-state index contributed by atoms with van der Waals surface area (Å²) in [6, 6.07) is 6.89. The summed E-state index contributed by atoms with van der Waals surface area (Å²) in [5.74, 6) is -0.631. The third-order valence-corrected chi connectivity index (χ3v) is 5.86. The van der Waals surface area contributed by atoms with Crippen molar-refractivity contribution < 1.29 is 9.59 Å². The van der Waals surface area contributed by atoms with Crippen molar-refractivity contribution in [2.24, 2.45) is 11.1 Å². The van der Waals surface area contributed by atoms with E-state index in [1.54, 1.807) is 44.3 Å². The summed E-state index contributed by atoms with van der Waals surface area (Å²) in [5.41, 5.74) is 6.32. The number of Topliss-reactive ketones (excluding diaryl/α,β-unsaturated/α-hetero) is 1. The Morgan fingerprint density at radius 2 is 2.04 bits per heavy atom. The Morgan fingerprint density at radius 1 is 1.35 bits per heavy atom. The summed E-state index contributed by atoms with van der Waals surface area (Å²) in [6.07, 6.45) is 3.83. The van der Waals surface area contributed by atoms with Gasteiger partial charge in [-0.2, -0.15) is 0 Å². The molecule has 2 rings (SSSR count). The molecule has 8 heteroatoms. The van der Waals surface area contributed by atoms with Crippen LogP contribution in [0.1, 0.15) is 40.3 Å². The van der Waals surface area contributed by atoms with Crippen LogP contribution in [-0.2, 0) is 11.2 Å². The second-order valence-electron chi connectivity index (χ2n) is 6.40. The minimum atomic E-state index is -0.765. The molecule has 1 unspecified atom stereocenters. The van der Waals surface area contributed by atoms with Gasteiger partial charge in [0.05, 0.1) is 10.7 Å². The Labute approximate surface area is 170 Å². The van der Waals surface area contributed by atoms with E-state index in [0.717, 1.165) is 0 Å². The summed E-state index contributed by atoms with van der Waals surface area (Å²) >= 11 is 11.3. The highest BCUT2D eigenvalue weighted by molar-refractivity contribution is 9.09. The lowest BCUT2D eigenvalue weighted by Gasteiger charge is -2.22. The van der Waals surface area contributed by atoms with E-state index < -0.39 is 16.1 Å². The topological polar surface area (TPSA) is 85.9 Å². The van der Waals surface area contributed by atoms with E-state index in [1.165, 1.54) is 11.8 Å². The number of halogens is 2. The SMILES string of the molecule is CSc1nccc(C(Br)C(=O)c2cccc(CC(C)(C)C(N)=O)c2Cl)n1. The van der Waals surface area contributed by atoms with E-state index in [4.69, 9.17) is 17.3 Å². The molecule has 0 bridgehead atoms. The zero-order valence-electron chi connectivity index (χ0n) is 14.6. The first-order valence-electron chi connectivity index (χ1n) is 7.80. The highest BCUT2D eigenvalue weighted by atomic mass is 79.9. The predicted molar refractivity (Wildman–Crippen MR) is 108 cm³/mol. The van der Waals surface area contributed by atoms with Crippen LogP contribution in [0.3, 0.4) is 0 Å². The molecular formula is C18H19BrClN3O2S. The molecule has 1 atom stereocenters. The first-order valence-corrected chi connectivity index (χ1v) is 10.3. The number of carbonyl (C=O) groups excluding carboxylic acids is 2. The first-order chi connectivity index (χ1) is 12.2. The molecule has 0 aliphatic rings. The summed E-state index contributed by atoms with van der Waals surface area (Å²) in [4.78, 5) is 32.3. The summed E-state index contributed by atoms with van der Waals surface area (Å²) in [6.45, 7) is 3.50. The van der Waals surface area contributed by atoms with Crippen LogP contribution in [0.25, 0.3) is 0 Å². The second kappa shape index (κ2) is 8.50. The van der Waals surface area contributed by atoms with Gasteiger partial charge in [0.1, 0.15) is 4.83 Å². The van der Waals surface area contributed by atoms with E-state index in [2.05, 4.69) is 25.9 Å². The van der Waals surface area contributed by atoms with E-state index in [1.807, 2.05) is 6.26 Å². The highest BCUT2D eigenvalue weighted by Gasteiger charge is 2.29. The van der Waals surface area contributed by atoms with Crippen LogP contribution in [-0.4, -0.2) is 27.9 Å². The van der Waals surface area contributed by atoms with Crippen LogP contribution in [0.4, 0.5) is 0 Å². The summed E-state index contributed by atoms with van der Waals surface area (Å²) in [7, 11) is 0. The molecule has 0 radical (unpaired) electrons. The molecule has 0 saturated heterocycles. The average Bonchev–Trinajstić information content (AvgIpc) is 2.62. The van der Waals surface area contributed by atoms with Gasteiger partial charge >= 0.3 is 0 Å². The lowest BCUT2D eigenvalue weighted by Crippen LogP contribution is -2.33. The number of hydrogen-bond donors (Lipinski definition) is 1. The van der Waals surface area contributed by atoms with Gasteiger partial charge < -0.3 is 5.73 Å².